The summed E-state index contributed by atoms with van der Waals surface area (Å²) >= 11 is 0. The third-order valence-corrected chi connectivity index (χ3v) is 4.92. The number of hydrogen-bond donors (Lipinski definition) is 1. The van der Waals surface area contributed by atoms with Gasteiger partial charge in [0.05, 0.1) is 18.5 Å². The molecule has 120 valence electrons. The first-order valence-electron chi connectivity index (χ1n) is 6.70. The molecule has 0 saturated carbocycles. The van der Waals surface area contributed by atoms with Gasteiger partial charge in [-0.05, 0) is 26.2 Å². The SMILES string of the molecule is COC(=O)C(CC(C)C)NS(=O)(=O)c1c(C)nn(C)c1C. The van der Waals surface area contributed by atoms with E-state index in [1.54, 1.807) is 20.9 Å². The first-order valence-corrected chi connectivity index (χ1v) is 8.18. The van der Waals surface area contributed by atoms with Crippen LogP contribution in [-0.4, -0.2) is 37.3 Å². The molecular weight excluding hydrogens is 294 g/mol. The molecule has 0 aliphatic rings. The largest absolute Gasteiger partial charge is 0.468 e. The Morgan fingerprint density at radius 3 is 2.33 bits per heavy atom. The van der Waals surface area contributed by atoms with E-state index in [1.165, 1.54) is 11.8 Å². The molecule has 0 fully saturated rings. The van der Waals surface area contributed by atoms with Gasteiger partial charge in [-0.3, -0.25) is 9.48 Å². The van der Waals surface area contributed by atoms with Crippen molar-refractivity contribution in [3.05, 3.63) is 11.4 Å². The normalized spacial score (nSPS) is 13.5. The van der Waals surface area contributed by atoms with Gasteiger partial charge in [0.1, 0.15) is 10.9 Å². The summed E-state index contributed by atoms with van der Waals surface area (Å²) in [5.41, 5.74) is 0.920. The predicted octanol–water partition coefficient (Wildman–Crippen LogP) is 0.903. The number of nitrogens with one attached hydrogen (secondary N) is 1. The van der Waals surface area contributed by atoms with Gasteiger partial charge in [0.25, 0.3) is 0 Å². The lowest BCUT2D eigenvalue weighted by Gasteiger charge is -2.18. The van der Waals surface area contributed by atoms with Gasteiger partial charge in [0.15, 0.2) is 0 Å². The third kappa shape index (κ3) is 4.04. The van der Waals surface area contributed by atoms with Crippen molar-refractivity contribution in [1.82, 2.24) is 14.5 Å². The van der Waals surface area contributed by atoms with Gasteiger partial charge in [0.2, 0.25) is 10.0 Å². The van der Waals surface area contributed by atoms with E-state index in [9.17, 15) is 13.2 Å². The fraction of sp³-hybridized carbons (Fsp3) is 0.692. The van der Waals surface area contributed by atoms with Crippen LogP contribution in [0.15, 0.2) is 4.90 Å². The maximum absolute atomic E-state index is 12.5. The first kappa shape index (κ1) is 17.6. The van der Waals surface area contributed by atoms with E-state index in [1.807, 2.05) is 13.8 Å². The average Bonchev–Trinajstić information content (AvgIpc) is 2.60. The van der Waals surface area contributed by atoms with Crippen LogP contribution in [0, 0.1) is 19.8 Å². The van der Waals surface area contributed by atoms with E-state index >= 15 is 0 Å². The number of nitrogens with zero attached hydrogens (tertiary/aromatic N) is 2. The van der Waals surface area contributed by atoms with Crippen molar-refractivity contribution in [2.24, 2.45) is 13.0 Å². The molecule has 1 rings (SSSR count). The number of aromatic nitrogens is 2. The van der Waals surface area contributed by atoms with E-state index in [0.29, 0.717) is 17.8 Å². The monoisotopic (exact) mass is 317 g/mol. The number of sulfonamides is 1. The lowest BCUT2D eigenvalue weighted by atomic mass is 10.1. The summed E-state index contributed by atoms with van der Waals surface area (Å²) in [6.45, 7) is 7.11. The Hall–Kier alpha value is -1.41. The van der Waals surface area contributed by atoms with Crippen molar-refractivity contribution >= 4 is 16.0 Å². The molecule has 0 aliphatic heterocycles. The maximum Gasteiger partial charge on any atom is 0.323 e. The molecule has 0 bridgehead atoms. The first-order chi connectivity index (χ1) is 9.60. The summed E-state index contributed by atoms with van der Waals surface area (Å²) in [6.07, 6.45) is 0.365. The molecule has 0 saturated heterocycles. The zero-order chi connectivity index (χ0) is 16.4. The smallest absolute Gasteiger partial charge is 0.323 e. The number of aryl methyl sites for hydroxylation is 2. The van der Waals surface area contributed by atoms with Crippen molar-refractivity contribution in [1.29, 1.82) is 0 Å². The summed E-state index contributed by atoms with van der Waals surface area (Å²) in [5.74, 6) is -0.445. The molecule has 8 heteroatoms. The molecule has 1 aromatic rings. The Labute approximate surface area is 125 Å². The van der Waals surface area contributed by atoms with E-state index < -0.39 is 22.0 Å². The average molecular weight is 317 g/mol. The zero-order valence-corrected chi connectivity index (χ0v) is 14.1. The minimum absolute atomic E-state index is 0.114. The molecule has 7 nitrogen and oxygen atoms in total. The molecule has 0 aliphatic carbocycles. The second kappa shape index (κ2) is 6.57. The third-order valence-electron chi connectivity index (χ3n) is 3.20. The fourth-order valence-electron chi connectivity index (χ4n) is 2.20. The highest BCUT2D eigenvalue weighted by atomic mass is 32.2. The van der Waals surface area contributed by atoms with Gasteiger partial charge in [0, 0.05) is 7.05 Å². The zero-order valence-electron chi connectivity index (χ0n) is 13.3. The number of ether oxygens (including phenoxy) is 1. The lowest BCUT2D eigenvalue weighted by Crippen LogP contribution is -2.42. The van der Waals surface area contributed by atoms with Crippen LogP contribution in [0.4, 0.5) is 0 Å². The number of rotatable bonds is 6. The molecule has 1 unspecified atom stereocenters. The topological polar surface area (TPSA) is 90.3 Å². The van der Waals surface area contributed by atoms with Crippen LogP contribution in [0.2, 0.25) is 0 Å². The van der Waals surface area contributed by atoms with Crippen LogP contribution in [-0.2, 0) is 26.6 Å². The summed E-state index contributed by atoms with van der Waals surface area (Å²) in [7, 11) is -0.920. The quantitative estimate of drug-likeness (QED) is 0.787. The maximum atomic E-state index is 12.5. The Kier molecular flexibility index (Phi) is 5.52. The van der Waals surface area contributed by atoms with Gasteiger partial charge in [-0.15, -0.1) is 0 Å². The van der Waals surface area contributed by atoms with Gasteiger partial charge < -0.3 is 4.74 Å². The van der Waals surface area contributed by atoms with Crippen molar-refractivity contribution in [2.75, 3.05) is 7.11 Å². The predicted molar refractivity (Wildman–Crippen MR) is 78.3 cm³/mol. The van der Waals surface area contributed by atoms with Crippen LogP contribution in [0.1, 0.15) is 31.7 Å². The van der Waals surface area contributed by atoms with Gasteiger partial charge >= 0.3 is 5.97 Å². The van der Waals surface area contributed by atoms with Crippen molar-refractivity contribution in [3.63, 3.8) is 0 Å². The lowest BCUT2D eigenvalue weighted by molar-refractivity contribution is -0.143. The second-order valence-electron chi connectivity index (χ2n) is 5.45. The summed E-state index contributed by atoms with van der Waals surface area (Å²) in [4.78, 5) is 11.9. The van der Waals surface area contributed by atoms with Gasteiger partial charge in [-0.1, -0.05) is 13.8 Å². The number of methoxy groups -OCH3 is 1. The number of carbonyl (C=O) groups excluding carboxylic acids is 1. The highest BCUT2D eigenvalue weighted by Crippen LogP contribution is 2.20. The highest BCUT2D eigenvalue weighted by molar-refractivity contribution is 7.89. The van der Waals surface area contributed by atoms with E-state index in [2.05, 4.69) is 14.6 Å². The molecule has 1 N–H and O–H groups in total. The van der Waals surface area contributed by atoms with Crippen LogP contribution >= 0.6 is 0 Å². The van der Waals surface area contributed by atoms with Gasteiger partial charge in [-0.2, -0.15) is 9.82 Å². The van der Waals surface area contributed by atoms with Crippen LogP contribution in [0.5, 0.6) is 0 Å². The molecule has 21 heavy (non-hydrogen) atoms. The molecule has 0 radical (unpaired) electrons. The Morgan fingerprint density at radius 2 is 1.95 bits per heavy atom. The molecule has 0 aromatic carbocycles. The molecule has 0 spiro atoms. The summed E-state index contributed by atoms with van der Waals surface area (Å²) < 4.78 is 33.7. The van der Waals surface area contributed by atoms with Gasteiger partial charge in [-0.25, -0.2) is 8.42 Å². The van der Waals surface area contributed by atoms with E-state index in [-0.39, 0.29) is 10.8 Å². The van der Waals surface area contributed by atoms with Crippen LogP contribution in [0.25, 0.3) is 0 Å². The standard InChI is InChI=1S/C13H23N3O4S/c1-8(2)7-11(13(17)20-6)15-21(18,19)12-9(3)14-16(5)10(12)4/h8,11,15H,7H2,1-6H3. The molecular formula is C13H23N3O4S. The summed E-state index contributed by atoms with van der Waals surface area (Å²) in [6, 6.07) is -0.904. The molecule has 1 atom stereocenters. The molecule has 0 amide bonds. The van der Waals surface area contributed by atoms with Crippen LogP contribution < -0.4 is 4.72 Å². The van der Waals surface area contributed by atoms with Crippen molar-refractivity contribution in [3.8, 4) is 0 Å². The van der Waals surface area contributed by atoms with E-state index in [4.69, 9.17) is 0 Å². The fourth-order valence-corrected chi connectivity index (χ4v) is 3.83. The minimum atomic E-state index is -3.83. The number of esters is 1. The highest BCUT2D eigenvalue weighted by Gasteiger charge is 2.30. The second-order valence-corrected chi connectivity index (χ2v) is 7.10. The van der Waals surface area contributed by atoms with Crippen LogP contribution in [0.3, 0.4) is 0 Å². The number of carbonyl (C=O) groups is 1. The Morgan fingerprint density at radius 1 is 1.38 bits per heavy atom. The Bertz CT molecular complexity index is 620. The van der Waals surface area contributed by atoms with E-state index in [0.717, 1.165) is 0 Å². The Balaban J connectivity index is 3.14. The minimum Gasteiger partial charge on any atom is -0.468 e. The molecule has 1 heterocycles. The number of hydrogen-bond acceptors (Lipinski definition) is 5. The van der Waals surface area contributed by atoms with Crippen molar-refractivity contribution < 1.29 is 17.9 Å². The van der Waals surface area contributed by atoms with Crippen molar-refractivity contribution in [2.45, 2.75) is 45.1 Å². The molecule has 1 aromatic heterocycles. The summed E-state index contributed by atoms with van der Waals surface area (Å²) in [5, 5.41) is 4.09.